The van der Waals surface area contributed by atoms with Gasteiger partial charge in [0.1, 0.15) is 0 Å². The van der Waals surface area contributed by atoms with E-state index >= 15 is 0 Å². The molecule has 0 aromatic carbocycles. The third kappa shape index (κ3) is 2.77. The molecule has 0 aromatic heterocycles. The predicted molar refractivity (Wildman–Crippen MR) is 45.6 cm³/mol. The van der Waals surface area contributed by atoms with Crippen LogP contribution in [0.1, 0.15) is 12.8 Å². The Bertz CT molecular complexity index is 102. The van der Waals surface area contributed by atoms with Gasteiger partial charge in [0, 0.05) is 19.1 Å². The second kappa shape index (κ2) is 4.70. The number of hydrogen-bond acceptors (Lipinski definition) is 3. The molecule has 3 nitrogen and oxygen atoms in total. The first-order valence-electron chi connectivity index (χ1n) is 4.36. The van der Waals surface area contributed by atoms with Gasteiger partial charge in [-0.05, 0) is 26.4 Å². The molecule has 66 valence electrons. The molecule has 1 atom stereocenters. The van der Waals surface area contributed by atoms with E-state index in [1.165, 1.54) is 12.8 Å². The van der Waals surface area contributed by atoms with Crippen LogP contribution >= 0.6 is 0 Å². The van der Waals surface area contributed by atoms with Crippen molar-refractivity contribution in [3.8, 4) is 0 Å². The maximum absolute atomic E-state index is 8.71. The van der Waals surface area contributed by atoms with Crippen molar-refractivity contribution in [1.29, 1.82) is 0 Å². The van der Waals surface area contributed by atoms with Gasteiger partial charge in [-0.3, -0.25) is 4.90 Å². The maximum Gasteiger partial charge on any atom is 0.0558 e. The molecule has 3 heteroatoms. The van der Waals surface area contributed by atoms with Crippen LogP contribution in [0.2, 0.25) is 0 Å². The highest BCUT2D eigenvalue weighted by molar-refractivity contribution is 4.75. The zero-order valence-corrected chi connectivity index (χ0v) is 7.21. The zero-order valence-electron chi connectivity index (χ0n) is 7.21. The molecule has 0 aromatic rings. The van der Waals surface area contributed by atoms with Crippen molar-refractivity contribution >= 4 is 0 Å². The largest absolute Gasteiger partial charge is 0.395 e. The average molecular weight is 158 g/mol. The number of aliphatic hydroxyl groups excluding tert-OH is 1. The molecule has 2 N–H and O–H groups in total. The number of aliphatic hydroxyl groups is 1. The Morgan fingerprint density at radius 1 is 1.64 bits per heavy atom. The molecule has 0 amide bonds. The van der Waals surface area contributed by atoms with Crippen molar-refractivity contribution in [1.82, 2.24) is 10.2 Å². The van der Waals surface area contributed by atoms with Crippen LogP contribution in [0.25, 0.3) is 0 Å². The van der Waals surface area contributed by atoms with E-state index in [2.05, 4.69) is 17.3 Å². The lowest BCUT2D eigenvalue weighted by Gasteiger charge is -2.31. The van der Waals surface area contributed by atoms with Crippen LogP contribution in [0.15, 0.2) is 0 Å². The van der Waals surface area contributed by atoms with E-state index in [1.807, 2.05) is 0 Å². The summed E-state index contributed by atoms with van der Waals surface area (Å²) in [6.07, 6.45) is 2.53. The number of hydrogen-bond donors (Lipinski definition) is 2. The number of nitrogens with one attached hydrogen (secondary N) is 1. The minimum atomic E-state index is 0.271. The Morgan fingerprint density at radius 2 is 2.45 bits per heavy atom. The average Bonchev–Trinajstić information content (AvgIpc) is 2.07. The van der Waals surface area contributed by atoms with E-state index in [0.717, 1.165) is 19.6 Å². The molecule has 1 heterocycles. The predicted octanol–water partition coefficient (Wildman–Crippen LogP) is -0.338. The Morgan fingerprint density at radius 3 is 3.00 bits per heavy atom. The Balaban J connectivity index is 2.21. The Hall–Kier alpha value is -0.120. The van der Waals surface area contributed by atoms with Gasteiger partial charge in [0.15, 0.2) is 0 Å². The lowest BCUT2D eigenvalue weighted by molar-refractivity contribution is 0.159. The number of likely N-dealkylation sites (N-methyl/N-ethyl adjacent to an activating group) is 1. The second-order valence-electron chi connectivity index (χ2n) is 3.20. The van der Waals surface area contributed by atoms with Crippen molar-refractivity contribution in [2.24, 2.45) is 0 Å². The summed E-state index contributed by atoms with van der Waals surface area (Å²) in [6, 6.07) is 0.635. The third-order valence-corrected chi connectivity index (χ3v) is 2.35. The quantitative estimate of drug-likeness (QED) is 0.590. The highest BCUT2D eigenvalue weighted by atomic mass is 16.3. The van der Waals surface area contributed by atoms with Crippen LogP contribution in [-0.4, -0.2) is 49.3 Å². The van der Waals surface area contributed by atoms with Crippen LogP contribution in [0, 0.1) is 0 Å². The number of piperidine rings is 1. The standard InChI is InChI=1S/C8H18N2O/c1-10(5-6-11)8-3-2-4-9-7-8/h8-9,11H,2-7H2,1H3. The topological polar surface area (TPSA) is 35.5 Å². The number of rotatable bonds is 3. The smallest absolute Gasteiger partial charge is 0.0558 e. The van der Waals surface area contributed by atoms with Gasteiger partial charge in [-0.2, -0.15) is 0 Å². The van der Waals surface area contributed by atoms with Gasteiger partial charge in [-0.15, -0.1) is 0 Å². The van der Waals surface area contributed by atoms with Gasteiger partial charge >= 0.3 is 0 Å². The number of nitrogens with zero attached hydrogens (tertiary/aromatic N) is 1. The fraction of sp³-hybridized carbons (Fsp3) is 1.00. The van der Waals surface area contributed by atoms with Gasteiger partial charge in [-0.25, -0.2) is 0 Å². The van der Waals surface area contributed by atoms with Crippen molar-refractivity contribution in [3.63, 3.8) is 0 Å². The van der Waals surface area contributed by atoms with Crippen LogP contribution < -0.4 is 5.32 Å². The van der Waals surface area contributed by atoms with Crippen LogP contribution in [0.5, 0.6) is 0 Å². The normalized spacial score (nSPS) is 25.9. The summed E-state index contributed by atoms with van der Waals surface area (Å²) in [7, 11) is 2.08. The fourth-order valence-corrected chi connectivity index (χ4v) is 1.55. The SMILES string of the molecule is CN(CCO)C1CCCNC1. The Kier molecular flexibility index (Phi) is 3.83. The highest BCUT2D eigenvalue weighted by Gasteiger charge is 2.16. The minimum Gasteiger partial charge on any atom is -0.395 e. The first kappa shape index (κ1) is 8.97. The lowest BCUT2D eigenvalue weighted by Crippen LogP contribution is -2.45. The second-order valence-corrected chi connectivity index (χ2v) is 3.20. The van der Waals surface area contributed by atoms with Gasteiger partial charge in [0.2, 0.25) is 0 Å². The molecule has 0 saturated carbocycles. The van der Waals surface area contributed by atoms with Gasteiger partial charge < -0.3 is 10.4 Å². The molecular formula is C8H18N2O. The highest BCUT2D eigenvalue weighted by Crippen LogP contribution is 2.07. The monoisotopic (exact) mass is 158 g/mol. The molecule has 1 rings (SSSR count). The van der Waals surface area contributed by atoms with E-state index in [-0.39, 0.29) is 6.61 Å². The summed E-state index contributed by atoms with van der Waals surface area (Å²) >= 11 is 0. The van der Waals surface area contributed by atoms with Gasteiger partial charge in [0.05, 0.1) is 6.61 Å². The molecular weight excluding hydrogens is 140 g/mol. The van der Waals surface area contributed by atoms with E-state index in [0.29, 0.717) is 6.04 Å². The van der Waals surface area contributed by atoms with Crippen molar-refractivity contribution in [2.45, 2.75) is 18.9 Å². The molecule has 1 fully saturated rings. The van der Waals surface area contributed by atoms with Crippen LogP contribution in [0.3, 0.4) is 0 Å². The van der Waals surface area contributed by atoms with E-state index in [1.54, 1.807) is 0 Å². The van der Waals surface area contributed by atoms with Crippen LogP contribution in [-0.2, 0) is 0 Å². The first-order chi connectivity index (χ1) is 5.34. The van der Waals surface area contributed by atoms with Gasteiger partial charge in [-0.1, -0.05) is 0 Å². The Labute approximate surface area is 68.4 Å². The molecule has 1 aliphatic heterocycles. The zero-order chi connectivity index (χ0) is 8.10. The van der Waals surface area contributed by atoms with E-state index in [9.17, 15) is 0 Å². The van der Waals surface area contributed by atoms with Crippen LogP contribution in [0.4, 0.5) is 0 Å². The minimum absolute atomic E-state index is 0.271. The molecule has 0 bridgehead atoms. The van der Waals surface area contributed by atoms with Crippen molar-refractivity contribution in [3.05, 3.63) is 0 Å². The van der Waals surface area contributed by atoms with E-state index < -0.39 is 0 Å². The van der Waals surface area contributed by atoms with Crippen molar-refractivity contribution in [2.75, 3.05) is 33.3 Å². The third-order valence-electron chi connectivity index (χ3n) is 2.35. The summed E-state index contributed by atoms with van der Waals surface area (Å²) in [6.45, 7) is 3.30. The fourth-order valence-electron chi connectivity index (χ4n) is 1.55. The van der Waals surface area contributed by atoms with E-state index in [4.69, 9.17) is 5.11 Å². The summed E-state index contributed by atoms with van der Waals surface area (Å²) in [5.41, 5.74) is 0. The molecule has 0 spiro atoms. The molecule has 0 aliphatic carbocycles. The van der Waals surface area contributed by atoms with Crippen molar-refractivity contribution < 1.29 is 5.11 Å². The maximum atomic E-state index is 8.71. The molecule has 11 heavy (non-hydrogen) atoms. The molecule has 1 aliphatic rings. The summed E-state index contributed by atoms with van der Waals surface area (Å²) < 4.78 is 0. The summed E-state index contributed by atoms with van der Waals surface area (Å²) in [4.78, 5) is 2.23. The summed E-state index contributed by atoms with van der Waals surface area (Å²) in [5.74, 6) is 0. The summed E-state index contributed by atoms with van der Waals surface area (Å²) in [5, 5.41) is 12.1. The molecule has 0 radical (unpaired) electrons. The first-order valence-corrected chi connectivity index (χ1v) is 4.36. The lowest BCUT2D eigenvalue weighted by atomic mass is 10.1. The van der Waals surface area contributed by atoms with Gasteiger partial charge in [0.25, 0.3) is 0 Å². The molecule has 1 saturated heterocycles. The molecule has 1 unspecified atom stereocenters.